The Morgan fingerprint density at radius 1 is 1.19 bits per heavy atom. The van der Waals surface area contributed by atoms with Crippen molar-refractivity contribution in [2.24, 2.45) is 0 Å². The van der Waals surface area contributed by atoms with Crippen molar-refractivity contribution in [3.63, 3.8) is 0 Å². The Bertz CT molecular complexity index is 864. The molecular formula is C19H18N2O6. The van der Waals surface area contributed by atoms with Gasteiger partial charge in [-0.2, -0.15) is 0 Å². The zero-order valence-electron chi connectivity index (χ0n) is 14.6. The summed E-state index contributed by atoms with van der Waals surface area (Å²) in [6.45, 7) is 0. The van der Waals surface area contributed by atoms with Crippen LogP contribution in [0.2, 0.25) is 0 Å². The molecule has 8 heteroatoms. The van der Waals surface area contributed by atoms with Crippen LogP contribution in [0.1, 0.15) is 34.9 Å². The molecule has 1 unspecified atom stereocenters. The second kappa shape index (κ2) is 7.86. The van der Waals surface area contributed by atoms with Crippen molar-refractivity contribution in [2.45, 2.75) is 25.0 Å². The first-order chi connectivity index (χ1) is 13.0. The molecule has 1 fully saturated rings. The number of nitrogens with zero attached hydrogens (tertiary/aromatic N) is 1. The van der Waals surface area contributed by atoms with Crippen LogP contribution in [-0.4, -0.2) is 30.0 Å². The van der Waals surface area contributed by atoms with E-state index in [2.05, 4.69) is 5.32 Å². The second-order valence-electron chi connectivity index (χ2n) is 6.12. The Kier molecular flexibility index (Phi) is 5.35. The molecule has 0 saturated heterocycles. The summed E-state index contributed by atoms with van der Waals surface area (Å²) in [5.41, 5.74) is 0.125. The van der Waals surface area contributed by atoms with Gasteiger partial charge in [0.15, 0.2) is 5.75 Å². The van der Waals surface area contributed by atoms with Crippen LogP contribution in [0.15, 0.2) is 48.5 Å². The van der Waals surface area contributed by atoms with Gasteiger partial charge in [0.05, 0.1) is 17.6 Å². The van der Waals surface area contributed by atoms with Gasteiger partial charge in [0, 0.05) is 17.7 Å². The average molecular weight is 370 g/mol. The number of carbonyl (C=O) groups excluding carboxylic acids is 2. The number of nitro benzene ring substituents is 1. The van der Waals surface area contributed by atoms with Crippen molar-refractivity contribution in [2.75, 3.05) is 7.11 Å². The average Bonchev–Trinajstić information content (AvgIpc) is 3.49. The zero-order valence-corrected chi connectivity index (χ0v) is 14.6. The standard InChI is InChI=1S/C19H18N2O6/c1-26-16-10-7-13(11-15(16)21(24)25)19(23)27-17(12-5-3-2-4-6-12)18(22)20-14-8-9-14/h2-7,10-11,14,17H,8-9H2,1H3,(H,20,22). The number of nitro groups is 1. The number of benzene rings is 2. The number of methoxy groups -OCH3 is 1. The molecule has 1 amide bonds. The van der Waals surface area contributed by atoms with Gasteiger partial charge in [0.2, 0.25) is 6.10 Å². The Labute approximate surface area is 155 Å². The van der Waals surface area contributed by atoms with Gasteiger partial charge in [-0.3, -0.25) is 14.9 Å². The molecule has 0 radical (unpaired) electrons. The van der Waals surface area contributed by atoms with Gasteiger partial charge < -0.3 is 14.8 Å². The van der Waals surface area contributed by atoms with Crippen molar-refractivity contribution >= 4 is 17.6 Å². The maximum absolute atomic E-state index is 12.5. The first-order valence-electron chi connectivity index (χ1n) is 8.38. The van der Waals surface area contributed by atoms with Crippen LogP contribution in [0.25, 0.3) is 0 Å². The van der Waals surface area contributed by atoms with E-state index in [-0.39, 0.29) is 23.0 Å². The second-order valence-corrected chi connectivity index (χ2v) is 6.12. The van der Waals surface area contributed by atoms with Gasteiger partial charge in [0.1, 0.15) is 0 Å². The van der Waals surface area contributed by atoms with Crippen LogP contribution < -0.4 is 10.1 Å². The van der Waals surface area contributed by atoms with Gasteiger partial charge in [-0.15, -0.1) is 0 Å². The van der Waals surface area contributed by atoms with Crippen LogP contribution >= 0.6 is 0 Å². The van der Waals surface area contributed by atoms with Crippen molar-refractivity contribution in [3.05, 3.63) is 69.8 Å². The van der Waals surface area contributed by atoms with Crippen molar-refractivity contribution < 1.29 is 24.0 Å². The molecule has 2 aromatic rings. The number of hydrogen-bond acceptors (Lipinski definition) is 6. The highest BCUT2D eigenvalue weighted by Crippen LogP contribution is 2.29. The fourth-order valence-corrected chi connectivity index (χ4v) is 2.54. The van der Waals surface area contributed by atoms with Gasteiger partial charge in [-0.25, -0.2) is 4.79 Å². The quantitative estimate of drug-likeness (QED) is 0.456. The number of amides is 1. The number of hydrogen-bond donors (Lipinski definition) is 1. The lowest BCUT2D eigenvalue weighted by atomic mass is 10.1. The lowest BCUT2D eigenvalue weighted by molar-refractivity contribution is -0.385. The fraction of sp³-hybridized carbons (Fsp3) is 0.263. The van der Waals surface area contributed by atoms with Crippen LogP contribution in [0.5, 0.6) is 5.75 Å². The van der Waals surface area contributed by atoms with Crippen molar-refractivity contribution in [1.29, 1.82) is 0 Å². The van der Waals surface area contributed by atoms with Crippen molar-refractivity contribution in [1.82, 2.24) is 5.32 Å². The largest absolute Gasteiger partial charge is 0.490 e. The summed E-state index contributed by atoms with van der Waals surface area (Å²) in [5, 5.41) is 14.0. The molecule has 3 rings (SSSR count). The van der Waals surface area contributed by atoms with Crippen LogP contribution in [-0.2, 0) is 9.53 Å². The number of ether oxygens (including phenoxy) is 2. The molecule has 0 spiro atoms. The molecule has 8 nitrogen and oxygen atoms in total. The molecule has 1 aliphatic rings. The lowest BCUT2D eigenvalue weighted by Crippen LogP contribution is -2.33. The molecule has 1 saturated carbocycles. The summed E-state index contributed by atoms with van der Waals surface area (Å²) in [6.07, 6.45) is 0.651. The Morgan fingerprint density at radius 3 is 2.48 bits per heavy atom. The fourth-order valence-electron chi connectivity index (χ4n) is 2.54. The minimum atomic E-state index is -1.14. The summed E-state index contributed by atoms with van der Waals surface area (Å²) in [6, 6.07) is 12.5. The predicted octanol–water partition coefficient (Wildman–Crippen LogP) is 2.78. The number of rotatable bonds is 7. The normalized spacial score (nSPS) is 14.1. The smallest absolute Gasteiger partial charge is 0.339 e. The maximum atomic E-state index is 12.5. The van der Waals surface area contributed by atoms with E-state index in [1.807, 2.05) is 0 Å². The number of nitrogens with one attached hydrogen (secondary N) is 1. The van der Waals surface area contributed by atoms with Gasteiger partial charge in [0.25, 0.3) is 5.91 Å². The third-order valence-corrected chi connectivity index (χ3v) is 4.10. The van der Waals surface area contributed by atoms with E-state index in [1.54, 1.807) is 30.3 Å². The summed E-state index contributed by atoms with van der Waals surface area (Å²) in [4.78, 5) is 35.6. The zero-order chi connectivity index (χ0) is 19.4. The molecule has 0 heterocycles. The number of carbonyl (C=O) groups is 2. The van der Waals surface area contributed by atoms with E-state index >= 15 is 0 Å². The third kappa shape index (κ3) is 4.41. The molecular weight excluding hydrogens is 352 g/mol. The predicted molar refractivity (Wildman–Crippen MR) is 95.4 cm³/mol. The molecule has 0 aromatic heterocycles. The van der Waals surface area contributed by atoms with E-state index in [0.29, 0.717) is 5.56 Å². The van der Waals surface area contributed by atoms with Crippen LogP contribution in [0.4, 0.5) is 5.69 Å². The van der Waals surface area contributed by atoms with Gasteiger partial charge in [-0.1, -0.05) is 30.3 Å². The highest BCUT2D eigenvalue weighted by molar-refractivity contribution is 5.93. The highest BCUT2D eigenvalue weighted by atomic mass is 16.6. The maximum Gasteiger partial charge on any atom is 0.339 e. The van der Waals surface area contributed by atoms with E-state index in [0.717, 1.165) is 18.9 Å². The van der Waals surface area contributed by atoms with Crippen LogP contribution in [0.3, 0.4) is 0 Å². The summed E-state index contributed by atoms with van der Waals surface area (Å²) in [7, 11) is 1.30. The molecule has 1 atom stereocenters. The van der Waals surface area contributed by atoms with E-state index in [9.17, 15) is 19.7 Å². The molecule has 0 aliphatic heterocycles. The summed E-state index contributed by atoms with van der Waals surface area (Å²) >= 11 is 0. The third-order valence-electron chi connectivity index (χ3n) is 4.10. The summed E-state index contributed by atoms with van der Waals surface area (Å²) < 4.78 is 10.3. The van der Waals surface area contributed by atoms with Gasteiger partial charge in [-0.05, 0) is 25.0 Å². The first-order valence-corrected chi connectivity index (χ1v) is 8.38. The molecule has 1 N–H and O–H groups in total. The Morgan fingerprint density at radius 2 is 1.89 bits per heavy atom. The van der Waals surface area contributed by atoms with Crippen LogP contribution in [0, 0.1) is 10.1 Å². The van der Waals surface area contributed by atoms with E-state index in [4.69, 9.17) is 9.47 Å². The SMILES string of the molecule is COc1ccc(C(=O)OC(C(=O)NC2CC2)c2ccccc2)cc1[N+](=O)[O-]. The van der Waals surface area contributed by atoms with E-state index in [1.165, 1.54) is 19.2 Å². The highest BCUT2D eigenvalue weighted by Gasteiger charge is 2.31. The monoisotopic (exact) mass is 370 g/mol. The molecule has 27 heavy (non-hydrogen) atoms. The Hall–Kier alpha value is -3.42. The molecule has 0 bridgehead atoms. The lowest BCUT2D eigenvalue weighted by Gasteiger charge is -2.18. The summed E-state index contributed by atoms with van der Waals surface area (Å²) in [5.74, 6) is -1.22. The minimum Gasteiger partial charge on any atom is -0.490 e. The number of esters is 1. The minimum absolute atomic E-state index is 0.0302. The molecule has 140 valence electrons. The first kappa shape index (κ1) is 18.4. The van der Waals surface area contributed by atoms with Crippen molar-refractivity contribution in [3.8, 4) is 5.75 Å². The van der Waals surface area contributed by atoms with E-state index < -0.39 is 22.9 Å². The van der Waals surface area contributed by atoms with Gasteiger partial charge >= 0.3 is 11.7 Å². The molecule has 1 aliphatic carbocycles. The molecule has 2 aromatic carbocycles. The topological polar surface area (TPSA) is 108 Å². The Balaban J connectivity index is 1.84.